The largest absolute Gasteiger partial charge is 0.270 e. The molecule has 2 aromatic rings. The van der Waals surface area contributed by atoms with Crippen molar-refractivity contribution < 1.29 is 9.59 Å². The van der Waals surface area contributed by atoms with E-state index in [4.69, 9.17) is 7.85 Å². The minimum Gasteiger partial charge on any atom is -0.270 e. The van der Waals surface area contributed by atoms with Crippen molar-refractivity contribution in [3.63, 3.8) is 0 Å². The molecule has 2 aromatic carbocycles. The van der Waals surface area contributed by atoms with Gasteiger partial charge in [-0.3, -0.25) is 14.5 Å². The lowest BCUT2D eigenvalue weighted by Crippen LogP contribution is -2.29. The number of amides is 2. The van der Waals surface area contributed by atoms with E-state index in [9.17, 15) is 9.59 Å². The quantitative estimate of drug-likeness (QED) is 0.592. The van der Waals surface area contributed by atoms with Crippen molar-refractivity contribution in [1.29, 1.82) is 0 Å². The highest BCUT2D eigenvalue weighted by molar-refractivity contribution is 6.32. The molecule has 3 nitrogen and oxygen atoms in total. The van der Waals surface area contributed by atoms with Crippen LogP contribution in [0.3, 0.4) is 0 Å². The molecule has 4 heteroatoms. The monoisotopic (exact) mass is 247 g/mol. The van der Waals surface area contributed by atoms with Crippen molar-refractivity contribution in [3.8, 4) is 0 Å². The summed E-state index contributed by atoms with van der Waals surface area (Å²) in [6.45, 7) is 0.247. The predicted molar refractivity (Wildman–Crippen MR) is 72.5 cm³/mol. The minimum absolute atomic E-state index is 0.247. The van der Waals surface area contributed by atoms with Crippen LogP contribution in [0.4, 0.5) is 0 Å². The van der Waals surface area contributed by atoms with Crippen LogP contribution in [0.1, 0.15) is 26.3 Å². The molecule has 19 heavy (non-hydrogen) atoms. The SMILES string of the molecule is [B]c1cccc(CN2C(=O)c3ccccc3C2=O)c1. The highest BCUT2D eigenvalue weighted by atomic mass is 16.2. The first-order valence-corrected chi connectivity index (χ1v) is 5.96. The molecule has 0 atom stereocenters. The standard InChI is InChI=1S/C15H10BNO2/c16-11-5-3-4-10(8-11)9-17-14(18)12-6-1-2-7-13(12)15(17)19/h1-8H,9H2. The number of rotatable bonds is 2. The summed E-state index contributed by atoms with van der Waals surface area (Å²) >= 11 is 0. The third-order valence-corrected chi connectivity index (χ3v) is 3.17. The van der Waals surface area contributed by atoms with Crippen LogP contribution in [-0.4, -0.2) is 24.6 Å². The Morgan fingerprint density at radius 3 is 2.11 bits per heavy atom. The Balaban J connectivity index is 1.92. The lowest BCUT2D eigenvalue weighted by molar-refractivity contribution is 0.0642. The van der Waals surface area contributed by atoms with E-state index in [0.29, 0.717) is 16.6 Å². The van der Waals surface area contributed by atoms with Crippen molar-refractivity contribution >= 4 is 25.1 Å². The number of nitrogens with zero attached hydrogens (tertiary/aromatic N) is 1. The van der Waals surface area contributed by atoms with Gasteiger partial charge in [0.05, 0.1) is 17.7 Å². The van der Waals surface area contributed by atoms with E-state index in [2.05, 4.69) is 0 Å². The Morgan fingerprint density at radius 2 is 1.53 bits per heavy atom. The molecule has 1 aliphatic rings. The second kappa shape index (κ2) is 4.39. The maximum atomic E-state index is 12.2. The van der Waals surface area contributed by atoms with Crippen LogP contribution in [-0.2, 0) is 6.54 Å². The molecule has 0 unspecified atom stereocenters. The maximum absolute atomic E-state index is 12.2. The molecule has 90 valence electrons. The van der Waals surface area contributed by atoms with Gasteiger partial charge in [0.2, 0.25) is 0 Å². The molecule has 0 aromatic heterocycles. The molecule has 2 radical (unpaired) electrons. The van der Waals surface area contributed by atoms with E-state index in [0.717, 1.165) is 5.56 Å². The summed E-state index contributed by atoms with van der Waals surface area (Å²) in [6.07, 6.45) is 0. The summed E-state index contributed by atoms with van der Waals surface area (Å²) in [5.41, 5.74) is 2.40. The van der Waals surface area contributed by atoms with E-state index in [1.807, 2.05) is 12.1 Å². The molecule has 1 aliphatic heterocycles. The Morgan fingerprint density at radius 1 is 0.895 bits per heavy atom. The van der Waals surface area contributed by atoms with Gasteiger partial charge in [0, 0.05) is 0 Å². The van der Waals surface area contributed by atoms with Crippen molar-refractivity contribution in [2.24, 2.45) is 0 Å². The van der Waals surface area contributed by atoms with Crippen LogP contribution < -0.4 is 5.46 Å². The molecule has 0 aliphatic carbocycles. The van der Waals surface area contributed by atoms with Gasteiger partial charge in [-0.1, -0.05) is 41.9 Å². The average Bonchev–Trinajstić information content (AvgIpc) is 2.65. The van der Waals surface area contributed by atoms with Gasteiger partial charge >= 0.3 is 0 Å². The van der Waals surface area contributed by atoms with Crippen LogP contribution in [0.5, 0.6) is 0 Å². The first-order valence-electron chi connectivity index (χ1n) is 5.96. The van der Waals surface area contributed by atoms with Crippen LogP contribution in [0.2, 0.25) is 0 Å². The fourth-order valence-corrected chi connectivity index (χ4v) is 2.26. The number of carbonyl (C=O) groups is 2. The molecule has 0 saturated heterocycles. The summed E-state index contributed by atoms with van der Waals surface area (Å²) in [4.78, 5) is 25.6. The number of carbonyl (C=O) groups excluding carboxylic acids is 2. The van der Waals surface area contributed by atoms with Crippen molar-refractivity contribution in [1.82, 2.24) is 4.90 Å². The summed E-state index contributed by atoms with van der Waals surface area (Å²) in [6, 6.07) is 14.1. The summed E-state index contributed by atoms with van der Waals surface area (Å²) in [5.74, 6) is -0.494. The number of hydrogen-bond acceptors (Lipinski definition) is 2. The van der Waals surface area contributed by atoms with Gasteiger partial charge in [-0.2, -0.15) is 0 Å². The Bertz CT molecular complexity index is 646. The second-order valence-electron chi connectivity index (χ2n) is 4.49. The molecule has 0 spiro atoms. The zero-order chi connectivity index (χ0) is 13.4. The van der Waals surface area contributed by atoms with Gasteiger partial charge in [-0.25, -0.2) is 0 Å². The van der Waals surface area contributed by atoms with Crippen LogP contribution in [0, 0.1) is 0 Å². The summed E-state index contributed by atoms with van der Waals surface area (Å²) in [5, 5.41) is 0. The van der Waals surface area contributed by atoms with Gasteiger partial charge in [0.25, 0.3) is 11.8 Å². The smallest absolute Gasteiger partial charge is 0.261 e. The van der Waals surface area contributed by atoms with Gasteiger partial charge in [-0.05, 0) is 17.7 Å². The first kappa shape index (κ1) is 11.7. The average molecular weight is 247 g/mol. The fraction of sp³-hybridized carbons (Fsp3) is 0.0667. The van der Waals surface area contributed by atoms with Crippen molar-refractivity contribution in [2.75, 3.05) is 0 Å². The van der Waals surface area contributed by atoms with Crippen LogP contribution in [0.25, 0.3) is 0 Å². The molecular formula is C15H10BNO2. The molecule has 1 heterocycles. The molecule has 0 N–H and O–H groups in total. The number of fused-ring (bicyclic) bond motifs is 1. The number of benzene rings is 2. The van der Waals surface area contributed by atoms with Gasteiger partial charge in [-0.15, -0.1) is 0 Å². The number of hydrogen-bond donors (Lipinski definition) is 0. The fourth-order valence-electron chi connectivity index (χ4n) is 2.26. The predicted octanol–water partition coefficient (Wildman–Crippen LogP) is 1.28. The van der Waals surface area contributed by atoms with Crippen LogP contribution in [0.15, 0.2) is 48.5 Å². The lowest BCUT2D eigenvalue weighted by Gasteiger charge is -2.14. The lowest BCUT2D eigenvalue weighted by atomic mass is 9.94. The minimum atomic E-state index is -0.247. The van der Waals surface area contributed by atoms with E-state index < -0.39 is 0 Å². The Kier molecular flexibility index (Phi) is 2.71. The third kappa shape index (κ3) is 1.95. The highest BCUT2D eigenvalue weighted by Crippen LogP contribution is 2.23. The molecule has 0 saturated carbocycles. The van der Waals surface area contributed by atoms with Crippen LogP contribution >= 0.6 is 0 Å². The van der Waals surface area contributed by atoms with Gasteiger partial charge < -0.3 is 0 Å². The molecular weight excluding hydrogens is 237 g/mol. The van der Waals surface area contributed by atoms with E-state index in [-0.39, 0.29) is 18.4 Å². The Hall–Kier alpha value is -2.36. The van der Waals surface area contributed by atoms with Gasteiger partial charge in [0.15, 0.2) is 0 Å². The molecule has 0 bridgehead atoms. The number of imide groups is 1. The van der Waals surface area contributed by atoms with E-state index in [1.165, 1.54) is 4.90 Å². The normalized spacial score (nSPS) is 13.8. The molecule has 2 amide bonds. The maximum Gasteiger partial charge on any atom is 0.261 e. The third-order valence-electron chi connectivity index (χ3n) is 3.17. The zero-order valence-electron chi connectivity index (χ0n) is 10.2. The zero-order valence-corrected chi connectivity index (χ0v) is 10.2. The van der Waals surface area contributed by atoms with E-state index in [1.54, 1.807) is 36.4 Å². The summed E-state index contributed by atoms with van der Waals surface area (Å²) in [7, 11) is 5.70. The van der Waals surface area contributed by atoms with Gasteiger partial charge in [0.1, 0.15) is 7.85 Å². The van der Waals surface area contributed by atoms with E-state index >= 15 is 0 Å². The molecule has 0 fully saturated rings. The summed E-state index contributed by atoms with van der Waals surface area (Å²) < 4.78 is 0. The highest BCUT2D eigenvalue weighted by Gasteiger charge is 2.34. The van der Waals surface area contributed by atoms with Crippen molar-refractivity contribution in [2.45, 2.75) is 6.54 Å². The first-order chi connectivity index (χ1) is 9.16. The Labute approximate surface area is 112 Å². The topological polar surface area (TPSA) is 37.4 Å². The van der Waals surface area contributed by atoms with Crippen molar-refractivity contribution in [3.05, 3.63) is 65.2 Å². The second-order valence-corrected chi connectivity index (χ2v) is 4.49. The molecule has 3 rings (SSSR count).